The van der Waals surface area contributed by atoms with Crippen molar-refractivity contribution in [1.29, 1.82) is 0 Å². The first-order chi connectivity index (χ1) is 12.2. The van der Waals surface area contributed by atoms with Crippen LogP contribution in [0, 0.1) is 0 Å². The fraction of sp³-hybridized carbons (Fsp3) is 0. The number of nitrogens with two attached hydrogens (primary N) is 1. The van der Waals surface area contributed by atoms with Gasteiger partial charge in [0.2, 0.25) is 0 Å². The smallest absolute Gasteiger partial charge is 0.347 e. The van der Waals surface area contributed by atoms with Gasteiger partial charge in [-0.05, 0) is 40.4 Å². The van der Waals surface area contributed by atoms with Crippen LogP contribution in [0.1, 0.15) is 0 Å². The molecule has 2 aromatic carbocycles. The number of aromatic nitrogens is 4. The van der Waals surface area contributed by atoms with Crippen LogP contribution in [0.15, 0.2) is 65.7 Å². The van der Waals surface area contributed by atoms with E-state index in [0.717, 1.165) is 32.7 Å². The second-order valence-electron chi connectivity index (χ2n) is 5.98. The van der Waals surface area contributed by atoms with Gasteiger partial charge in [0.05, 0.1) is 0 Å². The van der Waals surface area contributed by atoms with E-state index in [2.05, 4.69) is 33.4 Å². The average molecular weight is 327 g/mol. The lowest BCUT2D eigenvalue weighted by atomic mass is 9.98. The normalized spacial score (nSPS) is 11.5. The molecule has 3 heterocycles. The van der Waals surface area contributed by atoms with Crippen LogP contribution in [0.4, 0.5) is 5.82 Å². The summed E-state index contributed by atoms with van der Waals surface area (Å²) in [7, 11) is 0. The van der Waals surface area contributed by atoms with E-state index in [1.165, 1.54) is 4.40 Å². The van der Waals surface area contributed by atoms with Crippen molar-refractivity contribution in [2.24, 2.45) is 0 Å². The van der Waals surface area contributed by atoms with Crippen molar-refractivity contribution in [3.8, 4) is 11.1 Å². The number of nitrogen functional groups attached to an aromatic ring is 1. The van der Waals surface area contributed by atoms with Crippen LogP contribution in [0.2, 0.25) is 0 Å². The minimum absolute atomic E-state index is 0.269. The molecule has 0 bridgehead atoms. The quantitative estimate of drug-likeness (QED) is 0.463. The number of fused-ring (bicyclic) bond motifs is 4. The highest BCUT2D eigenvalue weighted by Crippen LogP contribution is 2.33. The number of nitrogens with one attached hydrogen (secondary N) is 1. The van der Waals surface area contributed by atoms with Crippen molar-refractivity contribution < 1.29 is 0 Å². The highest BCUT2D eigenvalue weighted by atomic mass is 16.1. The van der Waals surface area contributed by atoms with E-state index in [1.807, 2.05) is 24.3 Å². The molecule has 0 saturated carbocycles. The molecule has 6 nitrogen and oxygen atoms in total. The summed E-state index contributed by atoms with van der Waals surface area (Å²) >= 11 is 0. The van der Waals surface area contributed by atoms with E-state index in [9.17, 15) is 4.79 Å². The second-order valence-corrected chi connectivity index (χ2v) is 5.98. The predicted molar refractivity (Wildman–Crippen MR) is 98.5 cm³/mol. The minimum atomic E-state index is -0.269. The molecule has 0 unspecified atom stereocenters. The third kappa shape index (κ3) is 2.01. The Kier molecular flexibility index (Phi) is 2.70. The van der Waals surface area contributed by atoms with Gasteiger partial charge in [-0.3, -0.25) is 0 Å². The predicted octanol–water partition coefficient (Wildman–Crippen LogP) is 2.97. The van der Waals surface area contributed by atoms with Crippen molar-refractivity contribution in [3.05, 3.63) is 71.4 Å². The molecule has 3 aromatic heterocycles. The lowest BCUT2D eigenvalue weighted by Crippen LogP contribution is -2.09. The molecule has 25 heavy (non-hydrogen) atoms. The summed E-state index contributed by atoms with van der Waals surface area (Å²) in [4.78, 5) is 16.3. The third-order valence-corrected chi connectivity index (χ3v) is 4.48. The number of aromatic amines is 1. The Morgan fingerprint density at radius 2 is 1.76 bits per heavy atom. The van der Waals surface area contributed by atoms with Crippen LogP contribution in [-0.2, 0) is 0 Å². The Labute approximate surface area is 141 Å². The molecule has 0 aliphatic heterocycles. The van der Waals surface area contributed by atoms with Crippen LogP contribution in [-0.4, -0.2) is 19.6 Å². The number of benzene rings is 2. The van der Waals surface area contributed by atoms with Crippen LogP contribution in [0.25, 0.3) is 38.3 Å². The van der Waals surface area contributed by atoms with Gasteiger partial charge in [0, 0.05) is 28.9 Å². The van der Waals surface area contributed by atoms with Crippen molar-refractivity contribution in [2.45, 2.75) is 0 Å². The zero-order chi connectivity index (χ0) is 17.0. The zero-order valence-electron chi connectivity index (χ0n) is 13.1. The zero-order valence-corrected chi connectivity index (χ0v) is 13.1. The first-order valence-corrected chi connectivity index (χ1v) is 7.85. The molecule has 0 aliphatic carbocycles. The van der Waals surface area contributed by atoms with E-state index >= 15 is 0 Å². The maximum atomic E-state index is 12.1. The summed E-state index contributed by atoms with van der Waals surface area (Å²) in [5.41, 5.74) is 7.85. The summed E-state index contributed by atoms with van der Waals surface area (Å²) in [6, 6.07) is 16.0. The molecule has 0 saturated heterocycles. The van der Waals surface area contributed by atoms with Crippen LogP contribution < -0.4 is 11.4 Å². The van der Waals surface area contributed by atoms with E-state index < -0.39 is 0 Å². The average Bonchev–Trinajstić information content (AvgIpc) is 3.01. The molecule has 5 rings (SSSR count). The number of H-pyrrole nitrogens is 1. The number of rotatable bonds is 1. The molecule has 3 N–H and O–H groups in total. The summed E-state index contributed by atoms with van der Waals surface area (Å²) in [5, 5.41) is 10.9. The van der Waals surface area contributed by atoms with Crippen molar-refractivity contribution >= 4 is 33.0 Å². The monoisotopic (exact) mass is 327 g/mol. The topological polar surface area (TPSA) is 89.1 Å². The summed E-state index contributed by atoms with van der Waals surface area (Å²) in [6.07, 6.45) is 3.52. The lowest BCUT2D eigenvalue weighted by Gasteiger charge is -2.10. The highest BCUT2D eigenvalue weighted by molar-refractivity contribution is 6.09. The first kappa shape index (κ1) is 13.7. The van der Waals surface area contributed by atoms with Gasteiger partial charge in [-0.15, -0.1) is 0 Å². The van der Waals surface area contributed by atoms with Gasteiger partial charge in [-0.1, -0.05) is 24.3 Å². The van der Waals surface area contributed by atoms with Crippen LogP contribution >= 0.6 is 0 Å². The SMILES string of the molecule is Nc1ccc(-c2cn3c(=O)[nH]nc3c3cc4ccccc4cc23)cn1. The Hall–Kier alpha value is -3.67. The van der Waals surface area contributed by atoms with Crippen molar-refractivity contribution in [1.82, 2.24) is 19.6 Å². The molecular formula is C19H13N5O. The van der Waals surface area contributed by atoms with Gasteiger partial charge in [-0.25, -0.2) is 19.3 Å². The second kappa shape index (κ2) is 4.91. The van der Waals surface area contributed by atoms with Gasteiger partial charge < -0.3 is 5.73 Å². The fourth-order valence-electron chi connectivity index (χ4n) is 3.26. The van der Waals surface area contributed by atoms with Gasteiger partial charge >= 0.3 is 5.69 Å². The van der Waals surface area contributed by atoms with E-state index in [4.69, 9.17) is 5.73 Å². The number of hydrogen-bond acceptors (Lipinski definition) is 4. The molecule has 0 radical (unpaired) electrons. The molecule has 0 fully saturated rings. The van der Waals surface area contributed by atoms with E-state index in [1.54, 1.807) is 18.5 Å². The molecule has 5 aromatic rings. The standard InChI is InChI=1S/C19H13N5O/c20-17-6-5-13(9-21-17)16-10-24-18(22-23-19(24)25)15-8-12-4-2-1-3-11(12)7-14(15)16/h1-10H,(H2,20,21)(H,23,25). The van der Waals surface area contributed by atoms with Gasteiger partial charge in [0.1, 0.15) is 5.82 Å². The van der Waals surface area contributed by atoms with Crippen molar-refractivity contribution in [2.75, 3.05) is 5.73 Å². The highest BCUT2D eigenvalue weighted by Gasteiger charge is 2.13. The first-order valence-electron chi connectivity index (χ1n) is 7.85. The minimum Gasteiger partial charge on any atom is -0.384 e. The summed E-state index contributed by atoms with van der Waals surface area (Å²) in [5.74, 6) is 0.458. The molecule has 120 valence electrons. The number of hydrogen-bond donors (Lipinski definition) is 2. The fourth-order valence-corrected chi connectivity index (χ4v) is 3.26. The number of anilines is 1. The summed E-state index contributed by atoms with van der Waals surface area (Å²) in [6.45, 7) is 0. The van der Waals surface area contributed by atoms with Gasteiger partial charge in [0.15, 0.2) is 5.65 Å². The van der Waals surface area contributed by atoms with Crippen LogP contribution in [0.3, 0.4) is 0 Å². The lowest BCUT2D eigenvalue weighted by molar-refractivity contribution is 1.02. The van der Waals surface area contributed by atoms with Crippen molar-refractivity contribution in [3.63, 3.8) is 0 Å². The largest absolute Gasteiger partial charge is 0.384 e. The molecule has 0 atom stereocenters. The van der Waals surface area contributed by atoms with E-state index in [0.29, 0.717) is 11.5 Å². The maximum Gasteiger partial charge on any atom is 0.347 e. The Morgan fingerprint density at radius 1 is 1.00 bits per heavy atom. The van der Waals surface area contributed by atoms with E-state index in [-0.39, 0.29) is 5.69 Å². The van der Waals surface area contributed by atoms with Gasteiger partial charge in [0.25, 0.3) is 0 Å². The number of pyridine rings is 2. The van der Waals surface area contributed by atoms with Crippen LogP contribution in [0.5, 0.6) is 0 Å². The Morgan fingerprint density at radius 3 is 2.48 bits per heavy atom. The Bertz CT molecular complexity index is 1320. The molecule has 0 amide bonds. The summed E-state index contributed by atoms with van der Waals surface area (Å²) < 4.78 is 1.53. The number of nitrogens with zero attached hydrogens (tertiary/aromatic N) is 3. The van der Waals surface area contributed by atoms with Gasteiger partial charge in [-0.2, -0.15) is 5.10 Å². The Balaban J connectivity index is 2.00. The molecule has 0 spiro atoms. The third-order valence-electron chi connectivity index (χ3n) is 4.48. The molecule has 0 aliphatic rings. The molecule has 6 heteroatoms. The molecular weight excluding hydrogens is 314 g/mol. The maximum absolute atomic E-state index is 12.1.